The van der Waals surface area contributed by atoms with Crippen molar-refractivity contribution in [3.63, 3.8) is 0 Å². The van der Waals surface area contributed by atoms with Crippen LogP contribution < -0.4 is 5.56 Å². The van der Waals surface area contributed by atoms with Gasteiger partial charge in [-0.2, -0.15) is 0 Å². The second-order valence-electron chi connectivity index (χ2n) is 4.69. The molecule has 0 saturated heterocycles. The summed E-state index contributed by atoms with van der Waals surface area (Å²) in [6, 6.07) is 9.17. The van der Waals surface area contributed by atoms with Gasteiger partial charge in [-0.05, 0) is 31.2 Å². The van der Waals surface area contributed by atoms with Crippen LogP contribution in [-0.4, -0.2) is 15.8 Å². The standard InChI is InChI=1S/C16H11BrN2O2/c1-9(20)14-15(10-3-2-6-18-8-10)12-7-11(17)4-5-13(12)19-16(14)21/h2-8H,1H3,(H,19,21). The van der Waals surface area contributed by atoms with E-state index in [2.05, 4.69) is 25.9 Å². The molecule has 2 aromatic heterocycles. The van der Waals surface area contributed by atoms with Gasteiger partial charge in [0.05, 0.1) is 5.56 Å². The fraction of sp³-hybridized carbons (Fsp3) is 0.0625. The van der Waals surface area contributed by atoms with Gasteiger partial charge in [-0.15, -0.1) is 0 Å². The number of carbonyl (C=O) groups excluding carboxylic acids is 1. The van der Waals surface area contributed by atoms with Gasteiger partial charge < -0.3 is 4.98 Å². The molecule has 5 heteroatoms. The van der Waals surface area contributed by atoms with Crippen molar-refractivity contribution in [3.8, 4) is 11.1 Å². The van der Waals surface area contributed by atoms with Crippen molar-refractivity contribution in [2.45, 2.75) is 6.92 Å². The highest BCUT2D eigenvalue weighted by Crippen LogP contribution is 2.31. The lowest BCUT2D eigenvalue weighted by Crippen LogP contribution is -2.18. The van der Waals surface area contributed by atoms with Crippen LogP contribution in [-0.2, 0) is 0 Å². The highest BCUT2D eigenvalue weighted by molar-refractivity contribution is 9.10. The lowest BCUT2D eigenvalue weighted by atomic mass is 9.95. The smallest absolute Gasteiger partial charge is 0.259 e. The SMILES string of the molecule is CC(=O)c1c(-c2cccnc2)c2cc(Br)ccc2[nH]c1=O. The van der Waals surface area contributed by atoms with Gasteiger partial charge in [0.1, 0.15) is 0 Å². The molecule has 0 aliphatic heterocycles. The minimum Gasteiger partial charge on any atom is -0.321 e. The van der Waals surface area contributed by atoms with Crippen LogP contribution in [0.3, 0.4) is 0 Å². The van der Waals surface area contributed by atoms with Crippen LogP contribution in [0.5, 0.6) is 0 Å². The molecule has 0 radical (unpaired) electrons. The first-order valence-corrected chi connectivity index (χ1v) is 7.14. The highest BCUT2D eigenvalue weighted by atomic mass is 79.9. The molecule has 104 valence electrons. The number of nitrogens with one attached hydrogen (secondary N) is 1. The second kappa shape index (κ2) is 5.26. The average Bonchev–Trinajstić information content (AvgIpc) is 2.47. The van der Waals surface area contributed by atoms with Crippen molar-refractivity contribution >= 4 is 32.6 Å². The number of nitrogens with zero attached hydrogens (tertiary/aromatic N) is 1. The van der Waals surface area contributed by atoms with Crippen molar-refractivity contribution in [2.24, 2.45) is 0 Å². The summed E-state index contributed by atoms with van der Waals surface area (Å²) >= 11 is 3.43. The third kappa shape index (κ3) is 2.40. The number of benzene rings is 1. The quantitative estimate of drug-likeness (QED) is 0.724. The number of aromatic nitrogens is 2. The summed E-state index contributed by atoms with van der Waals surface area (Å²) < 4.78 is 0.877. The maximum absolute atomic E-state index is 12.2. The first kappa shape index (κ1) is 13.7. The molecule has 1 aromatic carbocycles. The van der Waals surface area contributed by atoms with E-state index < -0.39 is 0 Å². The normalized spacial score (nSPS) is 10.8. The Morgan fingerprint density at radius 2 is 2.10 bits per heavy atom. The Hall–Kier alpha value is -2.27. The van der Waals surface area contributed by atoms with Gasteiger partial charge in [0.25, 0.3) is 5.56 Å². The molecule has 0 spiro atoms. The Kier molecular flexibility index (Phi) is 3.43. The van der Waals surface area contributed by atoms with E-state index in [1.165, 1.54) is 6.92 Å². The molecule has 0 amide bonds. The lowest BCUT2D eigenvalue weighted by Gasteiger charge is -2.11. The number of ketones is 1. The van der Waals surface area contributed by atoms with Crippen LogP contribution in [0.25, 0.3) is 22.0 Å². The summed E-state index contributed by atoms with van der Waals surface area (Å²) in [6.07, 6.45) is 3.31. The Bertz CT molecular complexity index is 901. The van der Waals surface area contributed by atoms with E-state index in [-0.39, 0.29) is 16.9 Å². The Balaban J connectivity index is 2.53. The fourth-order valence-corrected chi connectivity index (χ4v) is 2.77. The van der Waals surface area contributed by atoms with Crippen LogP contribution in [0.1, 0.15) is 17.3 Å². The van der Waals surface area contributed by atoms with E-state index in [1.807, 2.05) is 24.3 Å². The monoisotopic (exact) mass is 342 g/mol. The van der Waals surface area contributed by atoms with Crippen LogP contribution in [0.2, 0.25) is 0 Å². The molecule has 4 nitrogen and oxygen atoms in total. The van der Waals surface area contributed by atoms with Gasteiger partial charge in [0.2, 0.25) is 0 Å². The van der Waals surface area contributed by atoms with E-state index in [0.29, 0.717) is 11.1 Å². The van der Waals surface area contributed by atoms with Crippen molar-refractivity contribution in [1.29, 1.82) is 0 Å². The Morgan fingerprint density at radius 3 is 2.76 bits per heavy atom. The maximum atomic E-state index is 12.2. The summed E-state index contributed by atoms with van der Waals surface area (Å²) in [5.41, 5.74) is 1.84. The van der Waals surface area contributed by atoms with Crippen molar-refractivity contribution in [1.82, 2.24) is 9.97 Å². The summed E-state index contributed by atoms with van der Waals surface area (Å²) in [4.78, 5) is 31.0. The van der Waals surface area contributed by atoms with E-state index >= 15 is 0 Å². The van der Waals surface area contributed by atoms with Crippen LogP contribution in [0.4, 0.5) is 0 Å². The van der Waals surface area contributed by atoms with E-state index in [9.17, 15) is 9.59 Å². The molecular weight excluding hydrogens is 332 g/mol. The number of pyridine rings is 2. The van der Waals surface area contributed by atoms with Gasteiger partial charge in [-0.1, -0.05) is 22.0 Å². The third-order valence-electron chi connectivity index (χ3n) is 3.28. The number of fused-ring (bicyclic) bond motifs is 1. The van der Waals surface area contributed by atoms with Gasteiger partial charge in [0, 0.05) is 38.9 Å². The molecule has 0 saturated carbocycles. The predicted octanol–water partition coefficient (Wildman–Crippen LogP) is 3.56. The zero-order chi connectivity index (χ0) is 15.0. The van der Waals surface area contributed by atoms with Crippen molar-refractivity contribution in [3.05, 3.63) is 63.1 Å². The largest absolute Gasteiger partial charge is 0.321 e. The molecule has 0 bridgehead atoms. The molecular formula is C16H11BrN2O2. The average molecular weight is 343 g/mol. The lowest BCUT2D eigenvalue weighted by molar-refractivity contribution is 0.101. The van der Waals surface area contributed by atoms with E-state index in [1.54, 1.807) is 18.5 Å². The van der Waals surface area contributed by atoms with E-state index in [4.69, 9.17) is 0 Å². The van der Waals surface area contributed by atoms with Crippen LogP contribution in [0, 0.1) is 0 Å². The molecule has 3 rings (SSSR count). The molecule has 21 heavy (non-hydrogen) atoms. The Morgan fingerprint density at radius 1 is 1.29 bits per heavy atom. The molecule has 2 heterocycles. The minimum atomic E-state index is -0.379. The van der Waals surface area contributed by atoms with Gasteiger partial charge in [0.15, 0.2) is 5.78 Å². The molecule has 3 aromatic rings. The van der Waals surface area contributed by atoms with E-state index in [0.717, 1.165) is 15.4 Å². The summed E-state index contributed by atoms with van der Waals surface area (Å²) in [5, 5.41) is 0.808. The number of rotatable bonds is 2. The number of carbonyl (C=O) groups is 1. The van der Waals surface area contributed by atoms with Crippen molar-refractivity contribution < 1.29 is 4.79 Å². The zero-order valence-electron chi connectivity index (χ0n) is 11.2. The fourth-order valence-electron chi connectivity index (χ4n) is 2.41. The van der Waals surface area contributed by atoms with Crippen LogP contribution in [0.15, 0.2) is 52.0 Å². The summed E-state index contributed by atoms with van der Waals surface area (Å²) in [5.74, 6) is -0.267. The van der Waals surface area contributed by atoms with Gasteiger partial charge in [-0.25, -0.2) is 0 Å². The molecule has 0 aliphatic rings. The summed E-state index contributed by atoms with van der Waals surface area (Å²) in [7, 11) is 0. The maximum Gasteiger partial charge on any atom is 0.259 e. The van der Waals surface area contributed by atoms with Gasteiger partial charge >= 0.3 is 0 Å². The molecule has 1 N–H and O–H groups in total. The predicted molar refractivity (Wildman–Crippen MR) is 85.5 cm³/mol. The summed E-state index contributed by atoms with van der Waals surface area (Å²) in [6.45, 7) is 1.40. The number of Topliss-reactive ketones (excluding diaryl/α,β-unsaturated/α-hetero) is 1. The second-order valence-corrected chi connectivity index (χ2v) is 5.61. The highest BCUT2D eigenvalue weighted by Gasteiger charge is 2.18. The molecule has 0 atom stereocenters. The first-order valence-electron chi connectivity index (χ1n) is 6.35. The molecule has 0 aliphatic carbocycles. The Labute approximate surface area is 129 Å². The third-order valence-corrected chi connectivity index (χ3v) is 3.77. The number of hydrogen-bond acceptors (Lipinski definition) is 3. The zero-order valence-corrected chi connectivity index (χ0v) is 12.8. The number of hydrogen-bond donors (Lipinski definition) is 1. The number of aromatic amines is 1. The van der Waals surface area contributed by atoms with Gasteiger partial charge in [-0.3, -0.25) is 14.6 Å². The first-order chi connectivity index (χ1) is 10.1. The molecule has 0 fully saturated rings. The van der Waals surface area contributed by atoms with Crippen LogP contribution >= 0.6 is 15.9 Å². The molecule has 0 unspecified atom stereocenters. The number of halogens is 1. The van der Waals surface area contributed by atoms with Crippen molar-refractivity contribution in [2.75, 3.05) is 0 Å². The number of H-pyrrole nitrogens is 1. The minimum absolute atomic E-state index is 0.161. The topological polar surface area (TPSA) is 62.8 Å².